The fourth-order valence-corrected chi connectivity index (χ4v) is 4.94. The minimum Gasteiger partial charge on any atom is -0.378 e. The molecule has 0 N–H and O–H groups in total. The van der Waals surface area contributed by atoms with Gasteiger partial charge in [0.1, 0.15) is 11.1 Å². The van der Waals surface area contributed by atoms with Crippen molar-refractivity contribution in [3.8, 4) is 17.1 Å². The number of morpholine rings is 1. The molecule has 1 atom stereocenters. The van der Waals surface area contributed by atoms with E-state index in [1.807, 2.05) is 51.9 Å². The summed E-state index contributed by atoms with van der Waals surface area (Å²) in [6, 6.07) is 19.5. The highest BCUT2D eigenvalue weighted by Crippen LogP contribution is 2.38. The van der Waals surface area contributed by atoms with Gasteiger partial charge in [0.25, 0.3) is 0 Å². The van der Waals surface area contributed by atoms with Crippen LogP contribution in [0.15, 0.2) is 84.3 Å². The highest BCUT2D eigenvalue weighted by atomic mass is 32.2. The predicted octanol–water partition coefficient (Wildman–Crippen LogP) is 4.16. The second kappa shape index (κ2) is 10.1. The highest BCUT2D eigenvalue weighted by molar-refractivity contribution is 8.00. The van der Waals surface area contributed by atoms with Gasteiger partial charge in [0.2, 0.25) is 5.91 Å². The first-order chi connectivity index (χ1) is 16.7. The molecular formula is C25H22FN5O2S. The van der Waals surface area contributed by atoms with Crippen molar-refractivity contribution in [1.82, 2.24) is 24.6 Å². The molecule has 34 heavy (non-hydrogen) atoms. The van der Waals surface area contributed by atoms with Crippen molar-refractivity contribution in [1.29, 1.82) is 0 Å². The molecule has 1 unspecified atom stereocenters. The van der Waals surface area contributed by atoms with Crippen LogP contribution < -0.4 is 0 Å². The molecule has 4 aromatic rings. The summed E-state index contributed by atoms with van der Waals surface area (Å²) in [4.78, 5) is 19.5. The van der Waals surface area contributed by atoms with Crippen LogP contribution in [-0.4, -0.2) is 56.9 Å². The number of hydrogen-bond acceptors (Lipinski definition) is 6. The molecule has 5 rings (SSSR count). The summed E-state index contributed by atoms with van der Waals surface area (Å²) in [5, 5.41) is 8.90. The van der Waals surface area contributed by atoms with Gasteiger partial charge in [-0.25, -0.2) is 4.39 Å². The van der Waals surface area contributed by atoms with Crippen molar-refractivity contribution in [2.75, 3.05) is 26.3 Å². The van der Waals surface area contributed by atoms with Crippen molar-refractivity contribution in [2.45, 2.75) is 10.4 Å². The minimum absolute atomic E-state index is 0.00128. The first kappa shape index (κ1) is 22.2. The molecule has 0 spiro atoms. The normalized spacial score (nSPS) is 14.7. The van der Waals surface area contributed by atoms with Crippen LogP contribution in [0.3, 0.4) is 0 Å². The molecule has 1 fully saturated rings. The van der Waals surface area contributed by atoms with Gasteiger partial charge in [-0.1, -0.05) is 42.1 Å². The lowest BCUT2D eigenvalue weighted by Gasteiger charge is -2.30. The Balaban J connectivity index is 1.57. The molecule has 2 aromatic heterocycles. The van der Waals surface area contributed by atoms with Gasteiger partial charge >= 0.3 is 0 Å². The number of carbonyl (C=O) groups is 1. The van der Waals surface area contributed by atoms with Gasteiger partial charge in [-0.05, 0) is 42.0 Å². The van der Waals surface area contributed by atoms with Crippen LogP contribution in [0.5, 0.6) is 0 Å². The molecule has 1 saturated heterocycles. The molecule has 0 saturated carbocycles. The summed E-state index contributed by atoms with van der Waals surface area (Å²) < 4.78 is 21.0. The van der Waals surface area contributed by atoms with Crippen LogP contribution in [0.4, 0.5) is 4.39 Å². The van der Waals surface area contributed by atoms with Crippen LogP contribution in [0.2, 0.25) is 0 Å². The monoisotopic (exact) mass is 475 g/mol. The van der Waals surface area contributed by atoms with Gasteiger partial charge in [0, 0.05) is 36.7 Å². The standard InChI is InChI=1S/C25H22FN5O2S/c26-20-6-8-21(9-7-20)31-23(19-10-12-27-13-11-19)28-29-25(31)34-22(18-4-2-1-3-5-18)24(32)30-14-16-33-17-15-30/h1-13,22H,14-17H2. The summed E-state index contributed by atoms with van der Waals surface area (Å²) in [6.07, 6.45) is 3.36. The fraction of sp³-hybridized carbons (Fsp3) is 0.200. The van der Waals surface area contributed by atoms with Crippen molar-refractivity contribution >= 4 is 17.7 Å². The fourth-order valence-electron chi connectivity index (χ4n) is 3.80. The third kappa shape index (κ3) is 4.71. The quantitative estimate of drug-likeness (QED) is 0.390. The summed E-state index contributed by atoms with van der Waals surface area (Å²) >= 11 is 1.33. The Kier molecular flexibility index (Phi) is 6.64. The zero-order chi connectivity index (χ0) is 23.3. The molecule has 0 radical (unpaired) electrons. The highest BCUT2D eigenvalue weighted by Gasteiger charge is 2.30. The summed E-state index contributed by atoms with van der Waals surface area (Å²) in [5.41, 5.74) is 2.39. The van der Waals surface area contributed by atoms with Crippen LogP contribution in [-0.2, 0) is 9.53 Å². The van der Waals surface area contributed by atoms with E-state index in [9.17, 15) is 9.18 Å². The third-order valence-electron chi connectivity index (χ3n) is 5.53. The third-order valence-corrected chi connectivity index (χ3v) is 6.71. The molecule has 172 valence electrons. The molecule has 1 aliphatic rings. The average molecular weight is 476 g/mol. The molecular weight excluding hydrogens is 453 g/mol. The zero-order valence-corrected chi connectivity index (χ0v) is 19.1. The van der Waals surface area contributed by atoms with E-state index in [2.05, 4.69) is 15.2 Å². The van der Waals surface area contributed by atoms with E-state index in [0.29, 0.717) is 43.0 Å². The van der Waals surface area contributed by atoms with Gasteiger partial charge in [-0.15, -0.1) is 10.2 Å². The van der Waals surface area contributed by atoms with Crippen LogP contribution in [0.1, 0.15) is 10.8 Å². The number of rotatable bonds is 6. The van der Waals surface area contributed by atoms with Gasteiger partial charge in [0.15, 0.2) is 11.0 Å². The van der Waals surface area contributed by atoms with Gasteiger partial charge in [0.05, 0.1) is 13.2 Å². The summed E-state index contributed by atoms with van der Waals surface area (Å²) in [6.45, 7) is 2.15. The van der Waals surface area contributed by atoms with Crippen molar-refractivity contribution in [3.05, 3.63) is 90.5 Å². The number of ether oxygens (including phenoxy) is 1. The SMILES string of the molecule is O=C(C(Sc1nnc(-c2ccncc2)n1-c1ccc(F)cc1)c1ccccc1)N1CCOCC1. The molecule has 2 aromatic carbocycles. The second-order valence-electron chi connectivity index (χ2n) is 7.70. The minimum atomic E-state index is -0.520. The number of pyridine rings is 1. The Morgan fingerprint density at radius 1 is 0.941 bits per heavy atom. The zero-order valence-electron chi connectivity index (χ0n) is 18.3. The topological polar surface area (TPSA) is 73.1 Å². The van der Waals surface area contributed by atoms with E-state index in [0.717, 1.165) is 11.1 Å². The number of nitrogens with zero attached hydrogens (tertiary/aromatic N) is 5. The molecule has 7 nitrogen and oxygen atoms in total. The summed E-state index contributed by atoms with van der Waals surface area (Å²) in [7, 11) is 0. The maximum atomic E-state index is 13.7. The maximum Gasteiger partial charge on any atom is 0.240 e. The van der Waals surface area contributed by atoms with Crippen LogP contribution >= 0.6 is 11.8 Å². The molecule has 1 aliphatic heterocycles. The second-order valence-corrected chi connectivity index (χ2v) is 8.77. The number of aromatic nitrogens is 4. The Morgan fingerprint density at radius 2 is 1.65 bits per heavy atom. The molecule has 3 heterocycles. The van der Waals surface area contributed by atoms with E-state index in [-0.39, 0.29) is 11.7 Å². The lowest BCUT2D eigenvalue weighted by atomic mass is 10.1. The van der Waals surface area contributed by atoms with Gasteiger partial charge < -0.3 is 9.64 Å². The summed E-state index contributed by atoms with van der Waals surface area (Å²) in [5.74, 6) is 0.252. The Labute approximate surface area is 200 Å². The molecule has 9 heteroatoms. The van der Waals surface area contributed by atoms with Crippen molar-refractivity contribution in [3.63, 3.8) is 0 Å². The number of carbonyl (C=O) groups excluding carboxylic acids is 1. The van der Waals surface area contributed by atoms with E-state index in [1.165, 1.54) is 23.9 Å². The smallest absolute Gasteiger partial charge is 0.240 e. The van der Waals surface area contributed by atoms with Gasteiger partial charge in [-0.3, -0.25) is 14.3 Å². The first-order valence-electron chi connectivity index (χ1n) is 10.9. The van der Waals surface area contributed by atoms with Crippen LogP contribution in [0, 0.1) is 5.82 Å². The number of hydrogen-bond donors (Lipinski definition) is 0. The van der Waals surface area contributed by atoms with Crippen molar-refractivity contribution < 1.29 is 13.9 Å². The average Bonchev–Trinajstić information content (AvgIpc) is 3.32. The van der Waals surface area contributed by atoms with Gasteiger partial charge in [-0.2, -0.15) is 0 Å². The Hall–Kier alpha value is -3.56. The predicted molar refractivity (Wildman–Crippen MR) is 127 cm³/mol. The molecule has 0 aliphatic carbocycles. The van der Waals surface area contributed by atoms with E-state index >= 15 is 0 Å². The molecule has 0 bridgehead atoms. The molecule has 1 amide bonds. The lowest BCUT2D eigenvalue weighted by molar-refractivity contribution is -0.134. The van der Waals surface area contributed by atoms with E-state index < -0.39 is 5.25 Å². The number of benzene rings is 2. The number of amides is 1. The largest absolute Gasteiger partial charge is 0.378 e. The van der Waals surface area contributed by atoms with Crippen molar-refractivity contribution in [2.24, 2.45) is 0 Å². The number of halogens is 1. The van der Waals surface area contributed by atoms with Crippen LogP contribution in [0.25, 0.3) is 17.1 Å². The maximum absolute atomic E-state index is 13.7. The first-order valence-corrected chi connectivity index (χ1v) is 11.8. The lowest BCUT2D eigenvalue weighted by Crippen LogP contribution is -2.42. The number of thioether (sulfide) groups is 1. The van der Waals surface area contributed by atoms with E-state index in [4.69, 9.17) is 4.74 Å². The van der Waals surface area contributed by atoms with E-state index in [1.54, 1.807) is 24.5 Å². The Bertz CT molecular complexity index is 1250. The Morgan fingerprint density at radius 3 is 2.35 bits per heavy atom.